The first-order valence-corrected chi connectivity index (χ1v) is 4.74. The fraction of sp³-hybridized carbons (Fsp3) is 0.667. The summed E-state index contributed by atoms with van der Waals surface area (Å²) in [5, 5.41) is 4.18. The lowest BCUT2D eigenvalue weighted by Crippen LogP contribution is -2.29. The largest absolute Gasteiger partial charge is 0.396 e. The van der Waals surface area contributed by atoms with Crippen LogP contribution in [0.4, 0.5) is 5.69 Å². The average Bonchev–Trinajstić information content (AvgIpc) is 2.64. The van der Waals surface area contributed by atoms with Crippen LogP contribution >= 0.6 is 0 Å². The molecule has 1 aromatic rings. The molecule has 2 heterocycles. The molecule has 0 bridgehead atoms. The van der Waals surface area contributed by atoms with Crippen molar-refractivity contribution in [2.24, 2.45) is 0 Å². The Labute approximate surface area is 78.3 Å². The summed E-state index contributed by atoms with van der Waals surface area (Å²) in [6.45, 7) is 2.18. The first-order valence-electron chi connectivity index (χ1n) is 4.74. The van der Waals surface area contributed by atoms with E-state index in [4.69, 9.17) is 5.73 Å². The number of nitrogen functional groups attached to an aromatic ring is 1. The van der Waals surface area contributed by atoms with Crippen molar-refractivity contribution in [2.75, 3.05) is 19.3 Å². The molecule has 4 nitrogen and oxygen atoms in total. The number of anilines is 1. The van der Waals surface area contributed by atoms with Crippen LogP contribution in [0.3, 0.4) is 0 Å². The molecule has 0 aromatic carbocycles. The molecule has 1 fully saturated rings. The molecular formula is C9H16N4. The number of hydrogen-bond donors (Lipinski definition) is 1. The molecule has 4 heteroatoms. The van der Waals surface area contributed by atoms with Gasteiger partial charge in [-0.15, -0.1) is 0 Å². The number of likely N-dealkylation sites (tertiary alicyclic amines) is 1. The lowest BCUT2D eigenvalue weighted by atomic mass is 10.2. The summed E-state index contributed by atoms with van der Waals surface area (Å²) in [5.41, 5.74) is 6.34. The lowest BCUT2D eigenvalue weighted by Gasteiger charge is -2.18. The molecular weight excluding hydrogens is 164 g/mol. The van der Waals surface area contributed by atoms with E-state index in [1.807, 2.05) is 10.9 Å². The zero-order valence-electron chi connectivity index (χ0n) is 7.98. The van der Waals surface area contributed by atoms with Gasteiger partial charge >= 0.3 is 0 Å². The van der Waals surface area contributed by atoms with E-state index in [9.17, 15) is 0 Å². The molecule has 0 spiro atoms. The number of nitrogens with two attached hydrogens (primary N) is 1. The molecule has 0 aliphatic carbocycles. The topological polar surface area (TPSA) is 47.1 Å². The monoisotopic (exact) mass is 180 g/mol. The SMILES string of the molecule is CN1CCCC1Cn1cc(N)cn1. The Morgan fingerprint density at radius 3 is 3.08 bits per heavy atom. The van der Waals surface area contributed by atoms with Crippen molar-refractivity contribution in [3.8, 4) is 0 Å². The summed E-state index contributed by atoms with van der Waals surface area (Å²) in [6, 6.07) is 0.638. The van der Waals surface area contributed by atoms with Crippen molar-refractivity contribution in [3.63, 3.8) is 0 Å². The molecule has 1 aliphatic rings. The van der Waals surface area contributed by atoms with Crippen LogP contribution in [0.1, 0.15) is 12.8 Å². The van der Waals surface area contributed by atoms with Crippen molar-refractivity contribution in [2.45, 2.75) is 25.4 Å². The highest BCUT2D eigenvalue weighted by Crippen LogP contribution is 2.16. The summed E-state index contributed by atoms with van der Waals surface area (Å²) in [6.07, 6.45) is 6.18. The molecule has 1 aliphatic heterocycles. The van der Waals surface area contributed by atoms with Crippen LogP contribution in [0.25, 0.3) is 0 Å². The molecule has 1 saturated heterocycles. The van der Waals surface area contributed by atoms with E-state index in [1.54, 1.807) is 6.20 Å². The summed E-state index contributed by atoms with van der Waals surface area (Å²) < 4.78 is 1.93. The lowest BCUT2D eigenvalue weighted by molar-refractivity contribution is 0.274. The molecule has 2 rings (SSSR count). The smallest absolute Gasteiger partial charge is 0.0719 e. The highest BCUT2D eigenvalue weighted by Gasteiger charge is 2.20. The normalized spacial score (nSPS) is 23.9. The molecule has 1 aromatic heterocycles. The standard InChI is InChI=1S/C9H16N4/c1-12-4-2-3-9(12)7-13-6-8(10)5-11-13/h5-6,9H,2-4,7,10H2,1H3. The molecule has 1 unspecified atom stereocenters. The quantitative estimate of drug-likeness (QED) is 0.723. The van der Waals surface area contributed by atoms with Gasteiger partial charge in [-0.25, -0.2) is 0 Å². The van der Waals surface area contributed by atoms with Gasteiger partial charge in [0.2, 0.25) is 0 Å². The van der Waals surface area contributed by atoms with E-state index in [1.165, 1.54) is 19.4 Å². The Morgan fingerprint density at radius 2 is 2.54 bits per heavy atom. The third-order valence-electron chi connectivity index (χ3n) is 2.72. The third kappa shape index (κ3) is 1.83. The van der Waals surface area contributed by atoms with Crippen molar-refractivity contribution in [3.05, 3.63) is 12.4 Å². The number of hydrogen-bond acceptors (Lipinski definition) is 3. The highest BCUT2D eigenvalue weighted by atomic mass is 15.3. The van der Waals surface area contributed by atoms with Gasteiger partial charge < -0.3 is 10.6 Å². The van der Waals surface area contributed by atoms with Gasteiger partial charge in [0.25, 0.3) is 0 Å². The molecule has 2 N–H and O–H groups in total. The highest BCUT2D eigenvalue weighted by molar-refractivity contribution is 5.30. The number of nitrogens with zero attached hydrogens (tertiary/aromatic N) is 3. The molecule has 0 saturated carbocycles. The summed E-state index contributed by atoms with van der Waals surface area (Å²) in [4.78, 5) is 2.39. The summed E-state index contributed by atoms with van der Waals surface area (Å²) >= 11 is 0. The number of likely N-dealkylation sites (N-methyl/N-ethyl adjacent to an activating group) is 1. The molecule has 0 amide bonds. The average molecular weight is 180 g/mol. The van der Waals surface area contributed by atoms with Gasteiger partial charge in [-0.1, -0.05) is 0 Å². The van der Waals surface area contributed by atoms with E-state index >= 15 is 0 Å². The van der Waals surface area contributed by atoms with Crippen LogP contribution < -0.4 is 5.73 Å². The Balaban J connectivity index is 1.97. The second-order valence-corrected chi connectivity index (χ2v) is 3.77. The third-order valence-corrected chi connectivity index (χ3v) is 2.72. The van der Waals surface area contributed by atoms with E-state index < -0.39 is 0 Å². The number of rotatable bonds is 2. The van der Waals surface area contributed by atoms with Crippen molar-refractivity contribution < 1.29 is 0 Å². The Bertz CT molecular complexity index is 281. The predicted molar refractivity (Wildman–Crippen MR) is 52.3 cm³/mol. The molecule has 1 atom stereocenters. The van der Waals surface area contributed by atoms with Crippen LogP contribution in [0.5, 0.6) is 0 Å². The van der Waals surface area contributed by atoms with Gasteiger partial charge in [0.15, 0.2) is 0 Å². The minimum absolute atomic E-state index is 0.638. The van der Waals surface area contributed by atoms with Gasteiger partial charge in [-0.05, 0) is 26.4 Å². The number of aromatic nitrogens is 2. The molecule has 72 valence electrons. The first kappa shape index (κ1) is 8.56. The van der Waals surface area contributed by atoms with Crippen LogP contribution in [-0.4, -0.2) is 34.3 Å². The summed E-state index contributed by atoms with van der Waals surface area (Å²) in [5.74, 6) is 0. The van der Waals surface area contributed by atoms with Gasteiger partial charge in [-0.3, -0.25) is 4.68 Å². The minimum Gasteiger partial charge on any atom is -0.396 e. The second kappa shape index (κ2) is 3.38. The Hall–Kier alpha value is -1.03. The van der Waals surface area contributed by atoms with E-state index in [-0.39, 0.29) is 0 Å². The zero-order chi connectivity index (χ0) is 9.26. The maximum Gasteiger partial charge on any atom is 0.0719 e. The van der Waals surface area contributed by atoms with E-state index in [0.717, 1.165) is 12.2 Å². The fourth-order valence-electron chi connectivity index (χ4n) is 1.91. The van der Waals surface area contributed by atoms with Crippen LogP contribution in [-0.2, 0) is 6.54 Å². The van der Waals surface area contributed by atoms with Crippen molar-refractivity contribution >= 4 is 5.69 Å². The van der Waals surface area contributed by atoms with Gasteiger partial charge in [0.1, 0.15) is 0 Å². The van der Waals surface area contributed by atoms with Crippen LogP contribution in [0.2, 0.25) is 0 Å². The van der Waals surface area contributed by atoms with Crippen molar-refractivity contribution in [1.29, 1.82) is 0 Å². The Morgan fingerprint density at radius 1 is 1.69 bits per heavy atom. The first-order chi connectivity index (χ1) is 6.25. The summed E-state index contributed by atoms with van der Waals surface area (Å²) in [7, 11) is 2.17. The van der Waals surface area contributed by atoms with E-state index in [0.29, 0.717) is 6.04 Å². The molecule has 0 radical (unpaired) electrons. The Kier molecular flexibility index (Phi) is 2.22. The maximum atomic E-state index is 5.59. The van der Waals surface area contributed by atoms with Gasteiger partial charge in [0.05, 0.1) is 18.4 Å². The zero-order valence-corrected chi connectivity index (χ0v) is 7.98. The van der Waals surface area contributed by atoms with Crippen molar-refractivity contribution in [1.82, 2.24) is 14.7 Å². The predicted octanol–water partition coefficient (Wildman–Crippen LogP) is 0.559. The molecule has 13 heavy (non-hydrogen) atoms. The second-order valence-electron chi connectivity index (χ2n) is 3.77. The fourth-order valence-corrected chi connectivity index (χ4v) is 1.91. The minimum atomic E-state index is 0.638. The van der Waals surface area contributed by atoms with Gasteiger partial charge in [0, 0.05) is 12.2 Å². The van der Waals surface area contributed by atoms with E-state index in [2.05, 4.69) is 17.0 Å². The van der Waals surface area contributed by atoms with Crippen LogP contribution in [0.15, 0.2) is 12.4 Å². The van der Waals surface area contributed by atoms with Gasteiger partial charge in [-0.2, -0.15) is 5.10 Å². The maximum absolute atomic E-state index is 5.59. The van der Waals surface area contributed by atoms with Crippen LogP contribution in [0, 0.1) is 0 Å².